The summed E-state index contributed by atoms with van der Waals surface area (Å²) in [7, 11) is 0. The number of hydrogen-bond donors (Lipinski definition) is 0. The van der Waals surface area contributed by atoms with E-state index in [2.05, 4.69) is 6.92 Å². The Bertz CT molecular complexity index is 1020. The molecule has 1 aromatic heterocycles. The molecule has 1 aliphatic rings. The van der Waals surface area contributed by atoms with Crippen LogP contribution in [0.3, 0.4) is 0 Å². The molecule has 130 valence electrons. The van der Waals surface area contributed by atoms with Crippen molar-refractivity contribution in [3.8, 4) is 0 Å². The fourth-order valence-corrected chi connectivity index (χ4v) is 3.78. The zero-order valence-corrected chi connectivity index (χ0v) is 15.0. The van der Waals surface area contributed by atoms with Gasteiger partial charge in [-0.3, -0.25) is 9.59 Å². The first-order valence-electron chi connectivity index (χ1n) is 8.98. The fraction of sp³-hybridized carbons (Fsp3) is 0.227. The molecule has 0 atom stereocenters. The van der Waals surface area contributed by atoms with E-state index >= 15 is 0 Å². The predicted octanol–water partition coefficient (Wildman–Crippen LogP) is 3.32. The fourth-order valence-electron chi connectivity index (χ4n) is 3.78. The van der Waals surface area contributed by atoms with Crippen LogP contribution in [0.2, 0.25) is 0 Å². The number of nitrogens with zero attached hydrogens (tertiary/aromatic N) is 2. The molecule has 4 heteroatoms. The van der Waals surface area contributed by atoms with Crippen LogP contribution in [0.15, 0.2) is 54.6 Å². The third-order valence-corrected chi connectivity index (χ3v) is 5.02. The van der Waals surface area contributed by atoms with Gasteiger partial charge in [0.15, 0.2) is 0 Å². The topological polar surface area (TPSA) is 43.0 Å². The Balaban J connectivity index is 1.95. The minimum absolute atomic E-state index is 0.0569. The highest BCUT2D eigenvalue weighted by Gasteiger charge is 2.42. The van der Waals surface area contributed by atoms with Crippen LogP contribution < -0.4 is 4.57 Å². The molecule has 26 heavy (non-hydrogen) atoms. The van der Waals surface area contributed by atoms with Gasteiger partial charge >= 0.3 is 0 Å². The smallest absolute Gasteiger partial charge is 0.254 e. The molecule has 0 aliphatic heterocycles. The largest absolute Gasteiger partial charge is 0.284 e. The molecule has 0 bridgehead atoms. The summed E-state index contributed by atoms with van der Waals surface area (Å²) < 4.78 is 4.00. The molecule has 0 saturated carbocycles. The highest BCUT2D eigenvalue weighted by molar-refractivity contribution is 6.26. The minimum Gasteiger partial charge on any atom is -0.284 e. The van der Waals surface area contributed by atoms with E-state index in [1.165, 1.54) is 0 Å². The Hall–Kier alpha value is -3.01. The van der Waals surface area contributed by atoms with Crippen LogP contribution in [0.1, 0.15) is 56.8 Å². The zero-order chi connectivity index (χ0) is 18.3. The van der Waals surface area contributed by atoms with Crippen LogP contribution in [0.25, 0.3) is 0 Å². The molecule has 0 unspecified atom stereocenters. The van der Waals surface area contributed by atoms with Crippen LogP contribution in [0.4, 0.5) is 0 Å². The van der Waals surface area contributed by atoms with Crippen LogP contribution in [-0.4, -0.2) is 16.1 Å². The highest BCUT2D eigenvalue weighted by atomic mass is 16.1. The van der Waals surface area contributed by atoms with Crippen molar-refractivity contribution in [1.29, 1.82) is 0 Å². The van der Waals surface area contributed by atoms with Crippen molar-refractivity contribution < 1.29 is 14.2 Å². The van der Waals surface area contributed by atoms with E-state index in [-0.39, 0.29) is 11.6 Å². The number of carbonyl (C=O) groups is 2. The van der Waals surface area contributed by atoms with Gasteiger partial charge in [0.2, 0.25) is 23.0 Å². The van der Waals surface area contributed by atoms with Crippen molar-refractivity contribution in [3.63, 3.8) is 0 Å². The first kappa shape index (κ1) is 16.5. The minimum atomic E-state index is -0.0657. The lowest BCUT2D eigenvalue weighted by molar-refractivity contribution is -0.695. The normalized spacial score (nSPS) is 12.8. The summed E-state index contributed by atoms with van der Waals surface area (Å²) in [6.45, 7) is 5.36. The molecule has 1 heterocycles. The van der Waals surface area contributed by atoms with Crippen molar-refractivity contribution >= 4 is 11.6 Å². The summed E-state index contributed by atoms with van der Waals surface area (Å²) in [5, 5.41) is 0. The quantitative estimate of drug-likeness (QED) is 0.533. The summed E-state index contributed by atoms with van der Waals surface area (Å²) in [6, 6.07) is 17.2. The summed E-state index contributed by atoms with van der Waals surface area (Å²) in [6.07, 6.45) is 0.899. The zero-order valence-electron chi connectivity index (χ0n) is 15.0. The Morgan fingerprint density at radius 1 is 0.885 bits per heavy atom. The monoisotopic (exact) mass is 345 g/mol. The first-order valence-corrected chi connectivity index (χ1v) is 8.98. The van der Waals surface area contributed by atoms with E-state index in [0.717, 1.165) is 24.4 Å². The lowest BCUT2D eigenvalue weighted by Crippen LogP contribution is -2.43. The summed E-state index contributed by atoms with van der Waals surface area (Å²) >= 11 is 0. The van der Waals surface area contributed by atoms with Crippen LogP contribution >= 0.6 is 0 Å². The van der Waals surface area contributed by atoms with E-state index in [1.807, 2.05) is 58.5 Å². The van der Waals surface area contributed by atoms with Crippen LogP contribution in [0.5, 0.6) is 0 Å². The van der Waals surface area contributed by atoms with Gasteiger partial charge in [0.05, 0.1) is 6.54 Å². The average molecular weight is 345 g/mol. The molecular weight excluding hydrogens is 324 g/mol. The second kappa shape index (κ2) is 6.37. The van der Waals surface area contributed by atoms with E-state index in [4.69, 9.17) is 0 Å². The van der Waals surface area contributed by atoms with E-state index in [9.17, 15) is 9.59 Å². The SMILES string of the molecule is CCCn1c2c([n+](Cc3ccccc3)c1C)C(=O)c1ccccc1C2=O. The van der Waals surface area contributed by atoms with Gasteiger partial charge in [0.25, 0.3) is 5.82 Å². The van der Waals surface area contributed by atoms with Crippen LogP contribution in [0, 0.1) is 6.92 Å². The molecule has 2 aromatic carbocycles. The standard InChI is InChI=1S/C22H21N2O2/c1-3-13-23-15(2)24(14-16-9-5-4-6-10-16)20-19(23)21(25)17-11-7-8-12-18(17)22(20)26/h4-12H,3,13-14H2,1-2H3/q+1. The third-order valence-electron chi connectivity index (χ3n) is 5.02. The van der Waals surface area contributed by atoms with Gasteiger partial charge in [-0.2, -0.15) is 0 Å². The van der Waals surface area contributed by atoms with Gasteiger partial charge in [-0.15, -0.1) is 0 Å². The molecule has 0 amide bonds. The third kappa shape index (κ3) is 2.41. The maximum atomic E-state index is 13.2. The van der Waals surface area contributed by atoms with E-state index < -0.39 is 0 Å². The molecule has 3 aromatic rings. The van der Waals surface area contributed by atoms with Gasteiger partial charge in [0, 0.05) is 18.1 Å². The maximum Gasteiger partial charge on any atom is 0.254 e. The molecule has 0 saturated heterocycles. The van der Waals surface area contributed by atoms with Crippen molar-refractivity contribution in [2.45, 2.75) is 33.4 Å². The van der Waals surface area contributed by atoms with E-state index in [0.29, 0.717) is 29.1 Å². The van der Waals surface area contributed by atoms with Crippen molar-refractivity contribution in [2.24, 2.45) is 0 Å². The summed E-state index contributed by atoms with van der Waals surface area (Å²) in [4.78, 5) is 26.4. The molecule has 0 radical (unpaired) electrons. The number of imidazole rings is 1. The van der Waals surface area contributed by atoms with Crippen molar-refractivity contribution in [3.05, 3.63) is 88.5 Å². The molecule has 4 rings (SSSR count). The second-order valence-corrected chi connectivity index (χ2v) is 6.67. The first-order chi connectivity index (χ1) is 12.6. The molecule has 0 fully saturated rings. The van der Waals surface area contributed by atoms with Gasteiger partial charge in [-0.25, -0.2) is 9.13 Å². The van der Waals surface area contributed by atoms with Gasteiger partial charge in [0.1, 0.15) is 6.54 Å². The van der Waals surface area contributed by atoms with Crippen molar-refractivity contribution in [2.75, 3.05) is 0 Å². The summed E-state index contributed by atoms with van der Waals surface area (Å²) in [5.74, 6) is 0.817. The highest BCUT2D eigenvalue weighted by Crippen LogP contribution is 2.27. The number of carbonyl (C=O) groups excluding carboxylic acids is 2. The summed E-state index contributed by atoms with van der Waals surface area (Å²) in [5.41, 5.74) is 3.16. The number of hydrogen-bond acceptors (Lipinski definition) is 2. The molecular formula is C22H21N2O2+. The molecule has 0 N–H and O–H groups in total. The van der Waals surface area contributed by atoms with Gasteiger partial charge in [-0.1, -0.05) is 61.5 Å². The maximum absolute atomic E-state index is 13.2. The number of rotatable bonds is 4. The number of ketones is 2. The molecule has 4 nitrogen and oxygen atoms in total. The average Bonchev–Trinajstić information content (AvgIpc) is 2.94. The van der Waals surface area contributed by atoms with Crippen molar-refractivity contribution in [1.82, 2.24) is 4.57 Å². The Morgan fingerprint density at radius 3 is 2.15 bits per heavy atom. The lowest BCUT2D eigenvalue weighted by atomic mass is 9.90. The van der Waals surface area contributed by atoms with Gasteiger partial charge in [-0.05, 0) is 12.0 Å². The number of fused-ring (bicyclic) bond motifs is 2. The lowest BCUT2D eigenvalue weighted by Gasteiger charge is -2.12. The Kier molecular flexibility index (Phi) is 4.03. The van der Waals surface area contributed by atoms with E-state index in [1.54, 1.807) is 12.1 Å². The Morgan fingerprint density at radius 2 is 1.50 bits per heavy atom. The second-order valence-electron chi connectivity index (χ2n) is 6.67. The van der Waals surface area contributed by atoms with Gasteiger partial charge < -0.3 is 0 Å². The molecule has 1 aliphatic carbocycles. The van der Waals surface area contributed by atoms with Crippen LogP contribution in [-0.2, 0) is 13.1 Å². The number of benzene rings is 2. The number of aromatic nitrogens is 2. The molecule has 0 spiro atoms. The predicted molar refractivity (Wildman–Crippen MR) is 98.5 cm³/mol. The Labute approximate surface area is 152 Å².